The van der Waals surface area contributed by atoms with E-state index < -0.39 is 0 Å². The van der Waals surface area contributed by atoms with Gasteiger partial charge in [0, 0.05) is 5.41 Å². The molecule has 2 heteroatoms. The van der Waals surface area contributed by atoms with Crippen LogP contribution in [0.4, 0.5) is 0 Å². The Morgan fingerprint density at radius 3 is 2.41 bits per heavy atom. The zero-order valence-electron chi connectivity index (χ0n) is 11.3. The number of rotatable bonds is 3. The van der Waals surface area contributed by atoms with Crippen molar-refractivity contribution >= 4 is 5.78 Å². The molecule has 3 aliphatic carbocycles. The summed E-state index contributed by atoms with van der Waals surface area (Å²) >= 11 is 0. The molecule has 2 nitrogen and oxygen atoms in total. The lowest BCUT2D eigenvalue weighted by Gasteiger charge is -2.41. The fraction of sp³-hybridized carbons (Fsp3) is 0.933. The number of ether oxygens (including phenoxy) is 1. The average Bonchev–Trinajstić information content (AvgIpc) is 3.03. The van der Waals surface area contributed by atoms with Crippen molar-refractivity contribution in [1.29, 1.82) is 0 Å². The van der Waals surface area contributed by atoms with Gasteiger partial charge >= 0.3 is 0 Å². The van der Waals surface area contributed by atoms with Crippen molar-refractivity contribution in [2.45, 2.75) is 71.0 Å². The average molecular weight is 236 g/mol. The van der Waals surface area contributed by atoms with E-state index in [1.54, 1.807) is 0 Å². The van der Waals surface area contributed by atoms with E-state index in [2.05, 4.69) is 20.8 Å². The number of hydrogen-bond acceptors (Lipinski definition) is 2. The van der Waals surface area contributed by atoms with Gasteiger partial charge < -0.3 is 4.74 Å². The minimum Gasteiger partial charge on any atom is -0.357 e. The van der Waals surface area contributed by atoms with Crippen LogP contribution >= 0.6 is 0 Å². The maximum Gasteiger partial charge on any atom is 0.170 e. The second-order valence-corrected chi connectivity index (χ2v) is 6.98. The van der Waals surface area contributed by atoms with Crippen LogP contribution in [0.25, 0.3) is 0 Å². The smallest absolute Gasteiger partial charge is 0.170 e. The molecule has 0 amide bonds. The standard InChI is InChI=1S/C15H24O2/c1-4-14(2,3)12(16)13-15(17-13)9-10-5-7-11(15)8-6-10/h10-11,13H,4-9H2,1-3H3. The van der Waals surface area contributed by atoms with Crippen LogP contribution in [-0.2, 0) is 9.53 Å². The van der Waals surface area contributed by atoms with Crippen molar-refractivity contribution < 1.29 is 9.53 Å². The summed E-state index contributed by atoms with van der Waals surface area (Å²) in [6, 6.07) is 0. The molecule has 1 saturated heterocycles. The Labute approximate surface area is 104 Å². The molecule has 96 valence electrons. The molecule has 1 aliphatic heterocycles. The highest BCUT2D eigenvalue weighted by molar-refractivity contribution is 5.91. The van der Waals surface area contributed by atoms with Crippen molar-refractivity contribution in [2.75, 3.05) is 0 Å². The predicted molar refractivity (Wildman–Crippen MR) is 66.7 cm³/mol. The molecule has 2 unspecified atom stereocenters. The van der Waals surface area contributed by atoms with Gasteiger partial charge in [0.1, 0.15) is 11.7 Å². The number of carbonyl (C=O) groups is 1. The van der Waals surface area contributed by atoms with E-state index in [1.165, 1.54) is 25.7 Å². The van der Waals surface area contributed by atoms with Crippen LogP contribution in [0.5, 0.6) is 0 Å². The monoisotopic (exact) mass is 236 g/mol. The number of hydrogen-bond donors (Lipinski definition) is 0. The van der Waals surface area contributed by atoms with Crippen LogP contribution in [0, 0.1) is 17.3 Å². The SMILES string of the molecule is CCC(C)(C)C(=O)C1OC12CC1CCC2CC1. The van der Waals surface area contributed by atoms with Gasteiger partial charge in [0.2, 0.25) is 0 Å². The van der Waals surface area contributed by atoms with Gasteiger partial charge in [-0.05, 0) is 50.4 Å². The second-order valence-electron chi connectivity index (χ2n) is 6.98. The van der Waals surface area contributed by atoms with Crippen LogP contribution in [0.15, 0.2) is 0 Å². The summed E-state index contributed by atoms with van der Waals surface area (Å²) in [4.78, 5) is 12.5. The first-order valence-corrected chi connectivity index (χ1v) is 7.22. The molecule has 0 N–H and O–H groups in total. The van der Waals surface area contributed by atoms with E-state index in [0.29, 0.717) is 11.7 Å². The predicted octanol–water partition coefficient (Wildman–Crippen LogP) is 3.34. The van der Waals surface area contributed by atoms with E-state index in [4.69, 9.17) is 4.74 Å². The van der Waals surface area contributed by atoms with Gasteiger partial charge in [0.25, 0.3) is 0 Å². The highest BCUT2D eigenvalue weighted by Crippen LogP contribution is 2.60. The Morgan fingerprint density at radius 2 is 1.94 bits per heavy atom. The molecule has 2 bridgehead atoms. The maximum absolute atomic E-state index is 12.5. The first kappa shape index (κ1) is 11.7. The Bertz CT molecular complexity index is 339. The molecule has 0 aromatic heterocycles. The molecule has 17 heavy (non-hydrogen) atoms. The zero-order chi connectivity index (χ0) is 12.3. The molecule has 4 fully saturated rings. The molecule has 3 saturated carbocycles. The Hall–Kier alpha value is -0.370. The third-order valence-corrected chi connectivity index (χ3v) is 5.66. The number of ketones is 1. The highest BCUT2D eigenvalue weighted by Gasteiger charge is 2.68. The topological polar surface area (TPSA) is 29.6 Å². The Balaban J connectivity index is 1.76. The molecule has 0 radical (unpaired) electrons. The van der Waals surface area contributed by atoms with Crippen LogP contribution in [-0.4, -0.2) is 17.5 Å². The van der Waals surface area contributed by atoms with Gasteiger partial charge in [-0.3, -0.25) is 4.79 Å². The number of carbonyl (C=O) groups excluding carboxylic acids is 1. The lowest BCUT2D eigenvalue weighted by Crippen LogP contribution is -2.43. The van der Waals surface area contributed by atoms with Gasteiger partial charge in [0.15, 0.2) is 5.78 Å². The zero-order valence-corrected chi connectivity index (χ0v) is 11.3. The van der Waals surface area contributed by atoms with Gasteiger partial charge in [-0.1, -0.05) is 20.8 Å². The highest BCUT2D eigenvalue weighted by atomic mass is 16.6. The third-order valence-electron chi connectivity index (χ3n) is 5.66. The fourth-order valence-electron chi connectivity index (χ4n) is 3.93. The number of fused-ring (bicyclic) bond motifs is 2. The molecule has 1 heterocycles. The number of epoxide rings is 1. The molecule has 0 aromatic rings. The molecule has 1 spiro atoms. The van der Waals surface area contributed by atoms with Crippen molar-refractivity contribution in [2.24, 2.45) is 17.3 Å². The van der Waals surface area contributed by atoms with E-state index in [-0.39, 0.29) is 17.1 Å². The Kier molecular flexibility index (Phi) is 2.46. The summed E-state index contributed by atoms with van der Waals surface area (Å²) in [5.74, 6) is 1.86. The number of Topliss-reactive ketones (excluding diaryl/α,β-unsaturated/α-hetero) is 1. The second kappa shape index (κ2) is 3.57. The Morgan fingerprint density at radius 1 is 1.29 bits per heavy atom. The van der Waals surface area contributed by atoms with Crippen LogP contribution in [0.2, 0.25) is 0 Å². The molecule has 2 atom stereocenters. The van der Waals surface area contributed by atoms with Crippen molar-refractivity contribution in [3.05, 3.63) is 0 Å². The lowest BCUT2D eigenvalue weighted by atomic mass is 9.62. The van der Waals surface area contributed by atoms with Crippen molar-refractivity contribution in [3.63, 3.8) is 0 Å². The van der Waals surface area contributed by atoms with E-state index in [1.807, 2.05) is 0 Å². The fourth-order valence-corrected chi connectivity index (χ4v) is 3.93. The van der Waals surface area contributed by atoms with Gasteiger partial charge in [0.05, 0.1) is 0 Å². The van der Waals surface area contributed by atoms with Crippen molar-refractivity contribution in [1.82, 2.24) is 0 Å². The van der Waals surface area contributed by atoms with Crippen molar-refractivity contribution in [3.8, 4) is 0 Å². The summed E-state index contributed by atoms with van der Waals surface area (Å²) in [7, 11) is 0. The van der Waals surface area contributed by atoms with Gasteiger partial charge in [-0.2, -0.15) is 0 Å². The first-order valence-electron chi connectivity index (χ1n) is 7.22. The molecular formula is C15H24O2. The quantitative estimate of drug-likeness (QED) is 0.703. The van der Waals surface area contributed by atoms with Crippen LogP contribution in [0.1, 0.15) is 59.3 Å². The van der Waals surface area contributed by atoms with Crippen LogP contribution < -0.4 is 0 Å². The minimum atomic E-state index is -0.204. The third kappa shape index (κ3) is 1.60. The molecule has 4 aliphatic rings. The first-order chi connectivity index (χ1) is 7.99. The summed E-state index contributed by atoms with van der Waals surface area (Å²) in [5, 5.41) is 0. The van der Waals surface area contributed by atoms with E-state index in [0.717, 1.165) is 18.8 Å². The summed E-state index contributed by atoms with van der Waals surface area (Å²) in [5.41, 5.74) is -0.213. The normalized spacial score (nSPS) is 44.1. The summed E-state index contributed by atoms with van der Waals surface area (Å²) in [6.45, 7) is 6.22. The molecule has 4 rings (SSSR count). The lowest BCUT2D eigenvalue weighted by molar-refractivity contribution is -0.128. The molecular weight excluding hydrogens is 212 g/mol. The summed E-state index contributed by atoms with van der Waals surface area (Å²) < 4.78 is 5.98. The summed E-state index contributed by atoms with van der Waals surface area (Å²) in [6.07, 6.45) is 7.33. The van der Waals surface area contributed by atoms with Crippen LogP contribution in [0.3, 0.4) is 0 Å². The molecule has 0 aromatic carbocycles. The largest absolute Gasteiger partial charge is 0.357 e. The van der Waals surface area contributed by atoms with Gasteiger partial charge in [-0.15, -0.1) is 0 Å². The maximum atomic E-state index is 12.5. The van der Waals surface area contributed by atoms with E-state index in [9.17, 15) is 4.79 Å². The van der Waals surface area contributed by atoms with Gasteiger partial charge in [-0.25, -0.2) is 0 Å². The van der Waals surface area contributed by atoms with E-state index >= 15 is 0 Å². The minimum absolute atomic E-state index is 0.00924.